The molecule has 6 heteroatoms. The van der Waals surface area contributed by atoms with Crippen LogP contribution >= 0.6 is 12.4 Å². The molecule has 2 bridgehead atoms. The number of aromatic amines is 1. The molecule has 2 aliphatic heterocycles. The average molecular weight is 340 g/mol. The van der Waals surface area contributed by atoms with E-state index in [1.165, 1.54) is 6.42 Å². The van der Waals surface area contributed by atoms with Crippen LogP contribution in [0, 0.1) is 6.92 Å². The number of likely N-dealkylation sites (tertiary alicyclic amines) is 1. The third-order valence-electron chi connectivity index (χ3n) is 5.02. The summed E-state index contributed by atoms with van der Waals surface area (Å²) in [6.07, 6.45) is 4.09. The Morgan fingerprint density at radius 2 is 1.91 bits per heavy atom. The zero-order chi connectivity index (χ0) is 15.9. The van der Waals surface area contributed by atoms with Crippen LogP contribution in [-0.2, 0) is 6.42 Å². The molecule has 128 valence electrons. The number of aromatic nitrogens is 1. The van der Waals surface area contributed by atoms with Crippen molar-refractivity contribution < 1.29 is 9.59 Å². The first-order chi connectivity index (χ1) is 10.5. The van der Waals surface area contributed by atoms with Crippen LogP contribution in [0.5, 0.6) is 0 Å². The number of aryl methyl sites for hydroxylation is 1. The number of ketones is 1. The summed E-state index contributed by atoms with van der Waals surface area (Å²) in [6, 6.07) is 0.983. The number of H-pyrrole nitrogens is 1. The van der Waals surface area contributed by atoms with E-state index >= 15 is 0 Å². The van der Waals surface area contributed by atoms with Crippen molar-refractivity contribution in [2.45, 2.75) is 58.5 Å². The van der Waals surface area contributed by atoms with Crippen LogP contribution in [-0.4, -0.2) is 46.7 Å². The van der Waals surface area contributed by atoms with E-state index in [9.17, 15) is 9.59 Å². The minimum Gasteiger partial charge on any atom is -0.354 e. The van der Waals surface area contributed by atoms with Crippen molar-refractivity contribution in [2.75, 3.05) is 13.1 Å². The first-order valence-electron chi connectivity index (χ1n) is 8.29. The second kappa shape index (κ2) is 7.05. The van der Waals surface area contributed by atoms with Gasteiger partial charge in [-0.3, -0.25) is 9.59 Å². The molecule has 2 atom stereocenters. The van der Waals surface area contributed by atoms with Crippen LogP contribution in [0.3, 0.4) is 0 Å². The van der Waals surface area contributed by atoms with Crippen LogP contribution in [0.25, 0.3) is 0 Å². The fourth-order valence-electron chi connectivity index (χ4n) is 3.98. The van der Waals surface area contributed by atoms with Gasteiger partial charge in [0.25, 0.3) is 5.91 Å². The predicted molar refractivity (Wildman–Crippen MR) is 92.6 cm³/mol. The fourth-order valence-corrected chi connectivity index (χ4v) is 3.98. The Balaban J connectivity index is 0.00000192. The molecule has 3 rings (SSSR count). The lowest BCUT2D eigenvalue weighted by molar-refractivity contribution is 0.0741. The van der Waals surface area contributed by atoms with Crippen LogP contribution in [0.1, 0.15) is 65.2 Å². The summed E-state index contributed by atoms with van der Waals surface area (Å²) in [5.74, 6) is 0.0723. The summed E-state index contributed by atoms with van der Waals surface area (Å²) in [6.45, 7) is 7.00. The molecule has 2 unspecified atom stereocenters. The van der Waals surface area contributed by atoms with Gasteiger partial charge < -0.3 is 15.2 Å². The number of amides is 1. The lowest BCUT2D eigenvalue weighted by Gasteiger charge is -2.24. The number of halogens is 1. The summed E-state index contributed by atoms with van der Waals surface area (Å²) in [7, 11) is 0. The lowest BCUT2D eigenvalue weighted by Crippen LogP contribution is -2.39. The van der Waals surface area contributed by atoms with E-state index in [1.807, 2.05) is 18.7 Å². The molecular weight excluding hydrogens is 314 g/mol. The Labute approximate surface area is 143 Å². The Hall–Kier alpha value is -1.33. The van der Waals surface area contributed by atoms with Crippen molar-refractivity contribution in [1.29, 1.82) is 0 Å². The molecule has 0 spiro atoms. The van der Waals surface area contributed by atoms with E-state index in [0.717, 1.165) is 37.2 Å². The summed E-state index contributed by atoms with van der Waals surface area (Å²) >= 11 is 0. The number of fused-ring (bicyclic) bond motifs is 2. The predicted octanol–water partition coefficient (Wildman–Crippen LogP) is 2.48. The van der Waals surface area contributed by atoms with E-state index in [0.29, 0.717) is 29.8 Å². The molecule has 0 aromatic carbocycles. The highest BCUT2D eigenvalue weighted by Crippen LogP contribution is 2.25. The van der Waals surface area contributed by atoms with Gasteiger partial charge in [0.15, 0.2) is 5.78 Å². The lowest BCUT2D eigenvalue weighted by atomic mass is 10.0. The van der Waals surface area contributed by atoms with Crippen molar-refractivity contribution in [3.8, 4) is 0 Å². The van der Waals surface area contributed by atoms with Crippen molar-refractivity contribution in [2.24, 2.45) is 0 Å². The maximum atomic E-state index is 13.0. The van der Waals surface area contributed by atoms with E-state index in [-0.39, 0.29) is 24.1 Å². The Morgan fingerprint density at radius 1 is 1.22 bits per heavy atom. The van der Waals surface area contributed by atoms with Gasteiger partial charge in [-0.05, 0) is 45.1 Å². The Morgan fingerprint density at radius 3 is 2.57 bits per heavy atom. The highest BCUT2D eigenvalue weighted by Gasteiger charge is 2.33. The van der Waals surface area contributed by atoms with Crippen LogP contribution in [0.2, 0.25) is 0 Å². The van der Waals surface area contributed by atoms with Crippen molar-refractivity contribution in [3.63, 3.8) is 0 Å². The number of hydrogen-bond acceptors (Lipinski definition) is 3. The maximum absolute atomic E-state index is 13.0. The van der Waals surface area contributed by atoms with Crippen molar-refractivity contribution in [3.05, 3.63) is 22.5 Å². The molecule has 1 aromatic rings. The van der Waals surface area contributed by atoms with Crippen LogP contribution in [0.15, 0.2) is 0 Å². The highest BCUT2D eigenvalue weighted by molar-refractivity contribution is 6.02. The van der Waals surface area contributed by atoms with Gasteiger partial charge in [-0.2, -0.15) is 0 Å². The largest absolute Gasteiger partial charge is 0.354 e. The summed E-state index contributed by atoms with van der Waals surface area (Å²) in [4.78, 5) is 29.9. The van der Waals surface area contributed by atoms with E-state index in [2.05, 4.69) is 10.3 Å². The van der Waals surface area contributed by atoms with E-state index < -0.39 is 0 Å². The van der Waals surface area contributed by atoms with Gasteiger partial charge in [0.2, 0.25) is 0 Å². The van der Waals surface area contributed by atoms with Crippen molar-refractivity contribution in [1.82, 2.24) is 15.2 Å². The topological polar surface area (TPSA) is 65.2 Å². The minimum atomic E-state index is 0. The monoisotopic (exact) mass is 339 g/mol. The van der Waals surface area contributed by atoms with Crippen LogP contribution < -0.4 is 5.32 Å². The minimum absolute atomic E-state index is 0. The normalized spacial score (nSPS) is 23.3. The number of carbonyl (C=O) groups excluding carboxylic acids is 2. The molecule has 2 fully saturated rings. The van der Waals surface area contributed by atoms with Gasteiger partial charge in [-0.25, -0.2) is 0 Å². The number of hydrogen-bond donors (Lipinski definition) is 2. The van der Waals surface area contributed by atoms with Gasteiger partial charge >= 0.3 is 0 Å². The second-order valence-corrected chi connectivity index (χ2v) is 6.57. The molecule has 0 aliphatic carbocycles. The number of nitrogens with one attached hydrogen (secondary N) is 2. The number of nitrogens with zero attached hydrogens (tertiary/aromatic N) is 1. The summed E-state index contributed by atoms with van der Waals surface area (Å²) in [5, 5.41) is 3.59. The zero-order valence-electron chi connectivity index (χ0n) is 14.1. The quantitative estimate of drug-likeness (QED) is 0.831. The molecule has 0 saturated carbocycles. The first-order valence-corrected chi connectivity index (χ1v) is 8.29. The zero-order valence-corrected chi connectivity index (χ0v) is 14.9. The standard InChI is InChI=1S/C17H25N3O2.ClH/c1-4-14-15(11(3)21)10(2)18-16(14)17(22)20-8-7-12-5-6-13(9-20)19-12;/h12-13,18-19H,4-9H2,1-3H3;1H. The van der Waals surface area contributed by atoms with E-state index in [1.54, 1.807) is 6.92 Å². The second-order valence-electron chi connectivity index (χ2n) is 6.57. The summed E-state index contributed by atoms with van der Waals surface area (Å²) in [5.41, 5.74) is 2.99. The highest BCUT2D eigenvalue weighted by atomic mass is 35.5. The molecule has 3 heterocycles. The molecule has 5 nitrogen and oxygen atoms in total. The molecule has 1 aromatic heterocycles. The molecule has 23 heavy (non-hydrogen) atoms. The summed E-state index contributed by atoms with van der Waals surface area (Å²) < 4.78 is 0. The van der Waals surface area contributed by atoms with Gasteiger partial charge in [0, 0.05) is 36.4 Å². The van der Waals surface area contributed by atoms with Gasteiger partial charge in [0.05, 0.1) is 0 Å². The van der Waals surface area contributed by atoms with Crippen molar-refractivity contribution >= 4 is 24.1 Å². The van der Waals surface area contributed by atoms with Crippen LogP contribution in [0.4, 0.5) is 0 Å². The fraction of sp³-hybridized carbons (Fsp3) is 0.647. The maximum Gasteiger partial charge on any atom is 0.270 e. The molecule has 1 amide bonds. The molecule has 2 saturated heterocycles. The third kappa shape index (κ3) is 3.31. The average Bonchev–Trinajstić information content (AvgIpc) is 2.97. The first kappa shape index (κ1) is 18.0. The SMILES string of the molecule is CCc1c(C(=O)N2CCC3CCC(C2)N3)[nH]c(C)c1C(C)=O.Cl. The molecule has 2 aliphatic rings. The molecule has 2 N–H and O–H groups in total. The third-order valence-corrected chi connectivity index (χ3v) is 5.02. The van der Waals surface area contributed by atoms with Gasteiger partial charge in [-0.15, -0.1) is 12.4 Å². The number of carbonyl (C=O) groups is 2. The Kier molecular flexibility index (Phi) is 5.53. The van der Waals surface area contributed by atoms with Gasteiger partial charge in [0.1, 0.15) is 5.69 Å². The van der Waals surface area contributed by atoms with E-state index in [4.69, 9.17) is 0 Å². The smallest absolute Gasteiger partial charge is 0.270 e. The number of Topliss-reactive ketones (excluding diaryl/α,β-unsaturated/α-hetero) is 1. The Bertz CT molecular complexity index is 611. The molecular formula is C17H26ClN3O2. The van der Waals surface area contributed by atoms with Gasteiger partial charge in [-0.1, -0.05) is 6.92 Å². The number of rotatable bonds is 3. The molecule has 0 radical (unpaired) electrons.